The molecule has 0 spiro atoms. The van der Waals surface area contributed by atoms with Crippen molar-refractivity contribution in [2.24, 2.45) is 5.73 Å². The van der Waals surface area contributed by atoms with E-state index >= 15 is 0 Å². The summed E-state index contributed by atoms with van der Waals surface area (Å²) in [5.74, 6) is -0.873. The first-order chi connectivity index (χ1) is 8.09. The lowest BCUT2D eigenvalue weighted by molar-refractivity contribution is -0.137. The molecule has 0 bridgehead atoms. The summed E-state index contributed by atoms with van der Waals surface area (Å²) in [5, 5.41) is 11.0. The highest BCUT2D eigenvalue weighted by Gasteiger charge is 2.13. The third kappa shape index (κ3) is 2.29. The van der Waals surface area contributed by atoms with Gasteiger partial charge in [-0.15, -0.1) is 0 Å². The lowest BCUT2D eigenvalue weighted by Crippen LogP contribution is -2.15. The standard InChI is InChI=1S/C14H15NO2/c1-9-6-7-12(13(15)8-14(16)17)11-5-3-2-4-10(9)11/h2-7,13H,8,15H2,1H3,(H,16,17). The van der Waals surface area contributed by atoms with Crippen LogP contribution in [0.3, 0.4) is 0 Å². The molecule has 0 fully saturated rings. The molecule has 0 aliphatic rings. The van der Waals surface area contributed by atoms with E-state index in [1.165, 1.54) is 5.56 Å². The van der Waals surface area contributed by atoms with Crippen molar-refractivity contribution in [1.29, 1.82) is 0 Å². The van der Waals surface area contributed by atoms with Crippen LogP contribution in [0.4, 0.5) is 0 Å². The molecule has 2 aromatic rings. The normalized spacial score (nSPS) is 12.6. The molecule has 0 aromatic heterocycles. The van der Waals surface area contributed by atoms with Gasteiger partial charge in [-0.05, 0) is 28.8 Å². The number of aliphatic carboxylic acids is 1. The van der Waals surface area contributed by atoms with Crippen molar-refractivity contribution in [1.82, 2.24) is 0 Å². The number of hydrogen-bond acceptors (Lipinski definition) is 2. The molecule has 3 heteroatoms. The monoisotopic (exact) mass is 229 g/mol. The molecule has 17 heavy (non-hydrogen) atoms. The Hall–Kier alpha value is -1.87. The summed E-state index contributed by atoms with van der Waals surface area (Å²) in [4.78, 5) is 10.7. The first kappa shape index (κ1) is 11.6. The first-order valence-corrected chi connectivity index (χ1v) is 5.55. The lowest BCUT2D eigenvalue weighted by atomic mass is 9.95. The van der Waals surface area contributed by atoms with E-state index in [4.69, 9.17) is 10.8 Å². The quantitative estimate of drug-likeness (QED) is 0.850. The van der Waals surface area contributed by atoms with Crippen LogP contribution in [0, 0.1) is 6.92 Å². The van der Waals surface area contributed by atoms with Crippen molar-refractivity contribution < 1.29 is 9.90 Å². The zero-order valence-corrected chi connectivity index (χ0v) is 9.68. The summed E-state index contributed by atoms with van der Waals surface area (Å²) in [6.45, 7) is 2.04. The average molecular weight is 229 g/mol. The maximum Gasteiger partial charge on any atom is 0.305 e. The number of carboxylic acids is 1. The van der Waals surface area contributed by atoms with Crippen molar-refractivity contribution in [3.63, 3.8) is 0 Å². The van der Waals surface area contributed by atoms with Crippen LogP contribution in [0.2, 0.25) is 0 Å². The van der Waals surface area contributed by atoms with Crippen molar-refractivity contribution in [2.75, 3.05) is 0 Å². The molecule has 0 aliphatic carbocycles. The van der Waals surface area contributed by atoms with Gasteiger partial charge in [0.2, 0.25) is 0 Å². The molecule has 0 radical (unpaired) electrons. The van der Waals surface area contributed by atoms with Gasteiger partial charge in [0.1, 0.15) is 0 Å². The second kappa shape index (κ2) is 4.55. The Morgan fingerprint density at radius 2 is 1.88 bits per heavy atom. The maximum atomic E-state index is 10.7. The summed E-state index contributed by atoms with van der Waals surface area (Å²) in [5.41, 5.74) is 8.00. The number of hydrogen-bond donors (Lipinski definition) is 2. The predicted octanol–water partition coefficient (Wildman–Crippen LogP) is 2.62. The van der Waals surface area contributed by atoms with Crippen molar-refractivity contribution >= 4 is 16.7 Å². The fourth-order valence-corrected chi connectivity index (χ4v) is 2.09. The predicted molar refractivity (Wildman–Crippen MR) is 67.9 cm³/mol. The van der Waals surface area contributed by atoms with Gasteiger partial charge in [-0.25, -0.2) is 0 Å². The van der Waals surface area contributed by atoms with Gasteiger partial charge in [-0.3, -0.25) is 4.79 Å². The molecule has 0 saturated heterocycles. The molecular formula is C14H15NO2. The third-order valence-corrected chi connectivity index (χ3v) is 2.97. The Morgan fingerprint density at radius 3 is 2.53 bits per heavy atom. The largest absolute Gasteiger partial charge is 0.481 e. The minimum absolute atomic E-state index is 0.0486. The van der Waals surface area contributed by atoms with E-state index in [0.29, 0.717) is 0 Å². The van der Waals surface area contributed by atoms with Crippen LogP contribution in [0.1, 0.15) is 23.6 Å². The molecule has 0 aliphatic heterocycles. The van der Waals surface area contributed by atoms with Crippen LogP contribution >= 0.6 is 0 Å². The van der Waals surface area contributed by atoms with Crippen LogP contribution in [0.15, 0.2) is 36.4 Å². The lowest BCUT2D eigenvalue weighted by Gasteiger charge is -2.14. The summed E-state index contributed by atoms with van der Waals surface area (Å²) in [6.07, 6.45) is -0.0486. The fourth-order valence-electron chi connectivity index (χ4n) is 2.09. The zero-order chi connectivity index (χ0) is 12.4. The molecule has 88 valence electrons. The molecule has 2 aromatic carbocycles. The Morgan fingerprint density at radius 1 is 1.24 bits per heavy atom. The fraction of sp³-hybridized carbons (Fsp3) is 0.214. The third-order valence-electron chi connectivity index (χ3n) is 2.97. The summed E-state index contributed by atoms with van der Waals surface area (Å²) in [7, 11) is 0. The number of carbonyl (C=O) groups is 1. The second-order valence-corrected chi connectivity index (χ2v) is 4.22. The number of nitrogens with two attached hydrogens (primary N) is 1. The van der Waals surface area contributed by atoms with Crippen LogP contribution in [-0.4, -0.2) is 11.1 Å². The maximum absolute atomic E-state index is 10.7. The van der Waals surface area contributed by atoms with Gasteiger partial charge >= 0.3 is 5.97 Å². The minimum atomic E-state index is -0.873. The molecule has 3 N–H and O–H groups in total. The van der Waals surface area contributed by atoms with Crippen molar-refractivity contribution in [3.8, 4) is 0 Å². The Bertz CT molecular complexity index is 563. The number of benzene rings is 2. The SMILES string of the molecule is Cc1ccc(C(N)CC(=O)O)c2ccccc12. The Kier molecular flexibility index (Phi) is 3.11. The molecular weight excluding hydrogens is 214 g/mol. The number of aryl methyl sites for hydroxylation is 1. The molecule has 1 unspecified atom stereocenters. The Labute approximate surface area is 99.9 Å². The molecule has 3 nitrogen and oxygen atoms in total. The van der Waals surface area contributed by atoms with E-state index in [1.807, 2.05) is 43.3 Å². The van der Waals surface area contributed by atoms with Gasteiger partial charge in [0.15, 0.2) is 0 Å². The van der Waals surface area contributed by atoms with E-state index in [1.54, 1.807) is 0 Å². The summed E-state index contributed by atoms with van der Waals surface area (Å²) < 4.78 is 0. The van der Waals surface area contributed by atoms with Crippen molar-refractivity contribution in [2.45, 2.75) is 19.4 Å². The van der Waals surface area contributed by atoms with Gasteiger partial charge in [-0.1, -0.05) is 36.4 Å². The van der Waals surface area contributed by atoms with Gasteiger partial charge < -0.3 is 10.8 Å². The number of fused-ring (bicyclic) bond motifs is 1. The average Bonchev–Trinajstić information content (AvgIpc) is 2.29. The van der Waals surface area contributed by atoms with E-state index in [2.05, 4.69) is 0 Å². The van der Waals surface area contributed by atoms with Crippen molar-refractivity contribution in [3.05, 3.63) is 47.5 Å². The highest BCUT2D eigenvalue weighted by molar-refractivity contribution is 5.89. The van der Waals surface area contributed by atoms with Crippen LogP contribution in [0.25, 0.3) is 10.8 Å². The minimum Gasteiger partial charge on any atom is -0.481 e. The number of rotatable bonds is 3. The van der Waals surface area contributed by atoms with E-state index < -0.39 is 12.0 Å². The van der Waals surface area contributed by atoms with E-state index in [-0.39, 0.29) is 6.42 Å². The molecule has 1 atom stereocenters. The molecule has 2 rings (SSSR count). The van der Waals surface area contributed by atoms with Crippen LogP contribution in [-0.2, 0) is 4.79 Å². The number of carboxylic acid groups (broad SMARTS) is 1. The van der Waals surface area contributed by atoms with Crippen LogP contribution < -0.4 is 5.73 Å². The Balaban J connectivity index is 2.55. The molecule has 0 saturated carbocycles. The zero-order valence-electron chi connectivity index (χ0n) is 9.68. The first-order valence-electron chi connectivity index (χ1n) is 5.55. The van der Waals surface area contributed by atoms with Gasteiger partial charge in [0.05, 0.1) is 6.42 Å². The van der Waals surface area contributed by atoms with E-state index in [9.17, 15) is 4.79 Å². The smallest absolute Gasteiger partial charge is 0.305 e. The second-order valence-electron chi connectivity index (χ2n) is 4.22. The van der Waals surface area contributed by atoms with Crippen LogP contribution in [0.5, 0.6) is 0 Å². The highest BCUT2D eigenvalue weighted by Crippen LogP contribution is 2.27. The van der Waals surface area contributed by atoms with Gasteiger partial charge in [0.25, 0.3) is 0 Å². The van der Waals surface area contributed by atoms with Gasteiger partial charge in [0, 0.05) is 6.04 Å². The van der Waals surface area contributed by atoms with Gasteiger partial charge in [-0.2, -0.15) is 0 Å². The highest BCUT2D eigenvalue weighted by atomic mass is 16.4. The molecule has 0 heterocycles. The summed E-state index contributed by atoms with van der Waals surface area (Å²) >= 11 is 0. The molecule has 0 amide bonds. The summed E-state index contributed by atoms with van der Waals surface area (Å²) in [6, 6.07) is 11.4. The van der Waals surface area contributed by atoms with E-state index in [0.717, 1.165) is 16.3 Å². The topological polar surface area (TPSA) is 63.3 Å².